The largest absolute Gasteiger partial charge is 0.391 e. The van der Waals surface area contributed by atoms with Crippen LogP contribution in [-0.2, 0) is 6.61 Å². The summed E-state index contributed by atoms with van der Waals surface area (Å²) >= 11 is 4.82. The Morgan fingerprint density at radius 2 is 2.13 bits per heavy atom. The molecule has 0 unspecified atom stereocenters. The highest BCUT2D eigenvalue weighted by molar-refractivity contribution is 9.11. The highest BCUT2D eigenvalue weighted by atomic mass is 79.9. The summed E-state index contributed by atoms with van der Waals surface area (Å²) in [5.41, 5.74) is 3.14. The second kappa shape index (κ2) is 4.43. The number of rotatable bonds is 2. The topological polar surface area (TPSA) is 33.1 Å². The zero-order valence-electron chi connectivity index (χ0n) is 8.20. The summed E-state index contributed by atoms with van der Waals surface area (Å²) in [6, 6.07) is 8.05. The molecular formula is C11H10BrNOS. The minimum atomic E-state index is 0.0347. The Morgan fingerprint density at radius 3 is 2.80 bits per heavy atom. The van der Waals surface area contributed by atoms with Gasteiger partial charge in [0, 0.05) is 5.56 Å². The van der Waals surface area contributed by atoms with Crippen molar-refractivity contribution < 1.29 is 5.11 Å². The van der Waals surface area contributed by atoms with Crippen LogP contribution in [0.15, 0.2) is 28.2 Å². The molecule has 2 aromatic rings. The van der Waals surface area contributed by atoms with Crippen LogP contribution in [0.4, 0.5) is 0 Å². The molecule has 0 aliphatic carbocycles. The first-order valence-electron chi connectivity index (χ1n) is 4.54. The third kappa shape index (κ3) is 2.12. The first-order chi connectivity index (χ1) is 7.22. The number of thiazole rings is 1. The van der Waals surface area contributed by atoms with E-state index in [1.807, 2.05) is 31.2 Å². The van der Waals surface area contributed by atoms with Crippen molar-refractivity contribution in [2.45, 2.75) is 13.5 Å². The van der Waals surface area contributed by atoms with Crippen LogP contribution in [0.5, 0.6) is 0 Å². The fraction of sp³-hybridized carbons (Fsp3) is 0.182. The molecule has 0 aliphatic heterocycles. The van der Waals surface area contributed by atoms with Gasteiger partial charge in [-0.15, -0.1) is 11.3 Å². The molecule has 1 aromatic heterocycles. The summed E-state index contributed by atoms with van der Waals surface area (Å²) in [6.07, 6.45) is 0. The molecule has 0 spiro atoms. The smallest absolute Gasteiger partial charge is 0.160 e. The number of hydrogen-bond donors (Lipinski definition) is 1. The summed E-state index contributed by atoms with van der Waals surface area (Å²) in [7, 11) is 0. The average Bonchev–Trinajstić information content (AvgIpc) is 2.60. The number of hydrogen-bond acceptors (Lipinski definition) is 3. The van der Waals surface area contributed by atoms with Gasteiger partial charge in [0.25, 0.3) is 0 Å². The molecule has 0 saturated heterocycles. The quantitative estimate of drug-likeness (QED) is 0.917. The molecule has 0 aliphatic rings. The normalized spacial score (nSPS) is 10.6. The van der Waals surface area contributed by atoms with E-state index in [2.05, 4.69) is 20.9 Å². The summed E-state index contributed by atoms with van der Waals surface area (Å²) in [5.74, 6) is 0. The van der Waals surface area contributed by atoms with E-state index in [0.29, 0.717) is 0 Å². The van der Waals surface area contributed by atoms with Gasteiger partial charge in [-0.25, -0.2) is 4.98 Å². The Kier molecular flexibility index (Phi) is 3.19. The first kappa shape index (κ1) is 10.8. The Hall–Kier alpha value is -0.710. The fourth-order valence-corrected chi connectivity index (χ4v) is 2.90. The van der Waals surface area contributed by atoms with Crippen molar-refractivity contribution >= 4 is 27.3 Å². The molecule has 2 rings (SSSR count). The van der Waals surface area contributed by atoms with Gasteiger partial charge in [-0.05, 0) is 28.4 Å². The zero-order chi connectivity index (χ0) is 10.8. The fourth-order valence-electron chi connectivity index (χ4n) is 1.48. The zero-order valence-corrected chi connectivity index (χ0v) is 10.6. The van der Waals surface area contributed by atoms with Crippen LogP contribution in [0, 0.1) is 6.92 Å². The van der Waals surface area contributed by atoms with Gasteiger partial charge in [0.1, 0.15) is 0 Å². The van der Waals surface area contributed by atoms with Crippen LogP contribution in [0.1, 0.15) is 10.4 Å². The van der Waals surface area contributed by atoms with E-state index >= 15 is 0 Å². The van der Waals surface area contributed by atoms with Crippen molar-refractivity contribution in [1.82, 2.24) is 4.98 Å². The minimum absolute atomic E-state index is 0.0347. The number of aliphatic hydroxyl groups is 1. The molecule has 1 N–H and O–H groups in total. The SMILES string of the molecule is Cc1ccccc1-c1nc(Br)sc1CO. The van der Waals surface area contributed by atoms with Crippen LogP contribution in [0.2, 0.25) is 0 Å². The van der Waals surface area contributed by atoms with E-state index in [-0.39, 0.29) is 6.61 Å². The van der Waals surface area contributed by atoms with E-state index in [4.69, 9.17) is 0 Å². The monoisotopic (exact) mass is 283 g/mol. The van der Waals surface area contributed by atoms with Crippen LogP contribution in [0.3, 0.4) is 0 Å². The number of aliphatic hydroxyl groups excluding tert-OH is 1. The van der Waals surface area contributed by atoms with Gasteiger partial charge in [0.15, 0.2) is 3.92 Å². The number of aryl methyl sites for hydroxylation is 1. The molecule has 4 heteroatoms. The Bertz CT molecular complexity index is 481. The van der Waals surface area contributed by atoms with Crippen LogP contribution in [-0.4, -0.2) is 10.1 Å². The van der Waals surface area contributed by atoms with Crippen molar-refractivity contribution in [2.75, 3.05) is 0 Å². The third-order valence-corrected chi connectivity index (χ3v) is 3.71. The maximum atomic E-state index is 9.23. The van der Waals surface area contributed by atoms with Gasteiger partial charge in [-0.1, -0.05) is 24.3 Å². The Morgan fingerprint density at radius 1 is 1.40 bits per heavy atom. The molecule has 78 valence electrons. The van der Waals surface area contributed by atoms with E-state index < -0.39 is 0 Å². The van der Waals surface area contributed by atoms with Gasteiger partial charge >= 0.3 is 0 Å². The van der Waals surface area contributed by atoms with Gasteiger partial charge in [0.2, 0.25) is 0 Å². The Balaban J connectivity index is 2.58. The van der Waals surface area contributed by atoms with E-state index in [1.54, 1.807) is 0 Å². The van der Waals surface area contributed by atoms with Crippen molar-refractivity contribution in [3.05, 3.63) is 38.6 Å². The number of nitrogens with zero attached hydrogens (tertiary/aromatic N) is 1. The lowest BCUT2D eigenvalue weighted by Gasteiger charge is -2.03. The van der Waals surface area contributed by atoms with Crippen LogP contribution < -0.4 is 0 Å². The summed E-state index contributed by atoms with van der Waals surface area (Å²) < 4.78 is 0.810. The van der Waals surface area contributed by atoms with Crippen molar-refractivity contribution in [3.8, 4) is 11.3 Å². The molecule has 0 fully saturated rings. The van der Waals surface area contributed by atoms with Crippen molar-refractivity contribution in [1.29, 1.82) is 0 Å². The van der Waals surface area contributed by atoms with Gasteiger partial charge in [-0.2, -0.15) is 0 Å². The van der Waals surface area contributed by atoms with Crippen molar-refractivity contribution in [3.63, 3.8) is 0 Å². The van der Waals surface area contributed by atoms with Gasteiger partial charge in [-0.3, -0.25) is 0 Å². The molecule has 0 bridgehead atoms. The molecule has 1 heterocycles. The molecule has 1 aromatic carbocycles. The lowest BCUT2D eigenvalue weighted by Crippen LogP contribution is -1.87. The molecule has 0 amide bonds. The van der Waals surface area contributed by atoms with E-state index in [9.17, 15) is 5.11 Å². The predicted octanol–water partition coefficient (Wildman–Crippen LogP) is 3.37. The number of halogens is 1. The maximum Gasteiger partial charge on any atom is 0.160 e. The molecule has 0 radical (unpaired) electrons. The summed E-state index contributed by atoms with van der Waals surface area (Å²) in [5, 5.41) is 9.23. The van der Waals surface area contributed by atoms with Crippen LogP contribution in [0.25, 0.3) is 11.3 Å². The van der Waals surface area contributed by atoms with Gasteiger partial charge in [0.05, 0.1) is 17.2 Å². The molecular weight excluding hydrogens is 274 g/mol. The number of benzene rings is 1. The second-order valence-corrected chi connectivity index (χ2v) is 5.57. The molecule has 0 saturated carbocycles. The van der Waals surface area contributed by atoms with Crippen LogP contribution >= 0.6 is 27.3 Å². The highest BCUT2D eigenvalue weighted by Crippen LogP contribution is 2.32. The Labute approximate surface area is 101 Å². The lowest BCUT2D eigenvalue weighted by molar-refractivity contribution is 0.286. The second-order valence-electron chi connectivity index (χ2n) is 3.21. The maximum absolute atomic E-state index is 9.23. The summed E-state index contributed by atoms with van der Waals surface area (Å²) in [6.45, 7) is 2.08. The average molecular weight is 284 g/mol. The highest BCUT2D eigenvalue weighted by Gasteiger charge is 2.12. The minimum Gasteiger partial charge on any atom is -0.391 e. The lowest BCUT2D eigenvalue weighted by atomic mass is 10.1. The van der Waals surface area contributed by atoms with Gasteiger partial charge < -0.3 is 5.11 Å². The van der Waals surface area contributed by atoms with Crippen molar-refractivity contribution in [2.24, 2.45) is 0 Å². The van der Waals surface area contributed by atoms with E-state index in [1.165, 1.54) is 16.9 Å². The first-order valence-corrected chi connectivity index (χ1v) is 6.15. The summed E-state index contributed by atoms with van der Waals surface area (Å²) in [4.78, 5) is 5.29. The molecule has 2 nitrogen and oxygen atoms in total. The standard InChI is InChI=1S/C11H10BrNOS/c1-7-4-2-3-5-8(7)10-9(6-14)15-11(12)13-10/h2-5,14H,6H2,1H3. The molecule has 0 atom stereocenters. The predicted molar refractivity (Wildman–Crippen MR) is 65.9 cm³/mol. The van der Waals surface area contributed by atoms with E-state index in [0.717, 1.165) is 20.1 Å². The third-order valence-electron chi connectivity index (χ3n) is 2.22. The number of aromatic nitrogens is 1. The molecule has 15 heavy (non-hydrogen) atoms.